The van der Waals surface area contributed by atoms with Gasteiger partial charge in [0.05, 0.1) is 5.54 Å². The summed E-state index contributed by atoms with van der Waals surface area (Å²) in [5.41, 5.74) is 2.14. The van der Waals surface area contributed by atoms with Gasteiger partial charge in [-0.15, -0.1) is 0 Å². The lowest BCUT2D eigenvalue weighted by molar-refractivity contribution is -0.00748. The van der Waals surface area contributed by atoms with E-state index in [0.717, 1.165) is 17.7 Å². The number of carboxylic acid groups (broad SMARTS) is 1. The van der Waals surface area contributed by atoms with Gasteiger partial charge in [0, 0.05) is 34.2 Å². The predicted octanol–water partition coefficient (Wildman–Crippen LogP) is 5.13. The molecule has 2 aromatic carbocycles. The molecule has 31 heavy (non-hydrogen) atoms. The van der Waals surface area contributed by atoms with E-state index in [1.54, 1.807) is 12.1 Å². The molecular formula is C24H28ClN3O3. The second-order valence-corrected chi connectivity index (χ2v) is 10.1. The zero-order valence-electron chi connectivity index (χ0n) is 18.2. The molecule has 1 fully saturated rings. The van der Waals surface area contributed by atoms with Crippen molar-refractivity contribution < 1.29 is 15.0 Å². The summed E-state index contributed by atoms with van der Waals surface area (Å²) in [6, 6.07) is 12.4. The van der Waals surface area contributed by atoms with E-state index < -0.39 is 11.5 Å². The molecule has 0 aromatic heterocycles. The molecule has 0 radical (unpaired) electrons. The van der Waals surface area contributed by atoms with E-state index >= 15 is 0 Å². The fourth-order valence-corrected chi connectivity index (χ4v) is 4.73. The predicted molar refractivity (Wildman–Crippen MR) is 121 cm³/mol. The van der Waals surface area contributed by atoms with Crippen LogP contribution in [0.2, 0.25) is 5.02 Å². The minimum Gasteiger partial charge on any atom is -0.507 e. The number of carbonyl (C=O) groups is 1. The molecule has 3 unspecified atom stereocenters. The fraction of sp³-hybridized carbons (Fsp3) is 0.417. The van der Waals surface area contributed by atoms with Crippen molar-refractivity contribution in [1.82, 2.24) is 10.3 Å². The van der Waals surface area contributed by atoms with Gasteiger partial charge in [-0.2, -0.15) is 5.10 Å². The summed E-state index contributed by atoms with van der Waals surface area (Å²) in [5.74, 6) is -1.33. The average Bonchev–Trinajstić information content (AvgIpc) is 3.14. The Kier molecular flexibility index (Phi) is 5.26. The van der Waals surface area contributed by atoms with Gasteiger partial charge in [-0.05, 0) is 37.1 Å². The highest BCUT2D eigenvalue weighted by molar-refractivity contribution is 6.30. The number of aromatic carboxylic acids is 1. The van der Waals surface area contributed by atoms with Crippen LogP contribution >= 0.6 is 11.6 Å². The van der Waals surface area contributed by atoms with Crippen molar-refractivity contribution in [1.29, 1.82) is 0 Å². The molecule has 0 saturated carbocycles. The molecule has 4 rings (SSSR count). The topological polar surface area (TPSA) is 85.2 Å². The standard InChI is InChI=1S/C24H28ClN3O3/c1-23(2,3)19-12-20-26-18(16-6-5-7-17(21(16)29)22(30)31)13-24(4,28(20)27-19)14-8-10-15(25)11-9-14/h5-11,18,20,26,29H,12-13H2,1-4H3,(H,30,31). The van der Waals surface area contributed by atoms with Crippen LogP contribution in [0.4, 0.5) is 0 Å². The van der Waals surface area contributed by atoms with Crippen LogP contribution < -0.4 is 5.32 Å². The molecule has 2 aromatic rings. The zero-order valence-corrected chi connectivity index (χ0v) is 18.9. The van der Waals surface area contributed by atoms with Gasteiger partial charge in [-0.3, -0.25) is 10.3 Å². The molecular weight excluding hydrogens is 414 g/mol. The van der Waals surface area contributed by atoms with Crippen molar-refractivity contribution in [2.45, 2.75) is 58.3 Å². The van der Waals surface area contributed by atoms with Crippen LogP contribution in [0.15, 0.2) is 47.6 Å². The molecule has 3 atom stereocenters. The minimum atomic E-state index is -1.14. The van der Waals surface area contributed by atoms with Crippen LogP contribution in [0, 0.1) is 5.41 Å². The Balaban J connectivity index is 1.80. The number of nitrogens with one attached hydrogen (secondary N) is 1. The van der Waals surface area contributed by atoms with E-state index in [1.165, 1.54) is 6.07 Å². The van der Waals surface area contributed by atoms with Crippen molar-refractivity contribution in [3.8, 4) is 5.75 Å². The first-order chi connectivity index (χ1) is 14.5. The third-order valence-corrected chi connectivity index (χ3v) is 6.67. The first-order valence-corrected chi connectivity index (χ1v) is 10.8. The van der Waals surface area contributed by atoms with Crippen molar-refractivity contribution in [3.63, 3.8) is 0 Å². The number of nitrogens with zero attached hydrogens (tertiary/aromatic N) is 2. The Bertz CT molecular complexity index is 1050. The largest absolute Gasteiger partial charge is 0.507 e. The maximum Gasteiger partial charge on any atom is 0.339 e. The van der Waals surface area contributed by atoms with Gasteiger partial charge in [0.15, 0.2) is 0 Å². The van der Waals surface area contributed by atoms with Crippen LogP contribution in [-0.4, -0.2) is 33.1 Å². The number of carboxylic acids is 1. The maximum absolute atomic E-state index is 11.6. The number of hydrogen-bond donors (Lipinski definition) is 3. The van der Waals surface area contributed by atoms with Gasteiger partial charge >= 0.3 is 5.97 Å². The van der Waals surface area contributed by atoms with E-state index in [9.17, 15) is 15.0 Å². The summed E-state index contributed by atoms with van der Waals surface area (Å²) in [5, 5.41) is 31.6. The highest BCUT2D eigenvalue weighted by atomic mass is 35.5. The molecule has 7 heteroatoms. The first kappa shape index (κ1) is 21.7. The number of fused-ring (bicyclic) bond motifs is 1. The summed E-state index contributed by atoms with van der Waals surface area (Å²) in [6.07, 6.45) is 1.28. The van der Waals surface area contributed by atoms with Crippen LogP contribution in [0.3, 0.4) is 0 Å². The monoisotopic (exact) mass is 441 g/mol. The Morgan fingerprint density at radius 3 is 2.52 bits per heavy atom. The summed E-state index contributed by atoms with van der Waals surface area (Å²) >= 11 is 6.14. The third-order valence-electron chi connectivity index (χ3n) is 6.42. The second kappa shape index (κ2) is 7.53. The Morgan fingerprint density at radius 2 is 1.90 bits per heavy atom. The first-order valence-electron chi connectivity index (χ1n) is 10.5. The lowest BCUT2D eigenvalue weighted by Gasteiger charge is -2.49. The minimum absolute atomic E-state index is 0.0680. The van der Waals surface area contributed by atoms with Crippen molar-refractivity contribution in [3.05, 3.63) is 64.2 Å². The van der Waals surface area contributed by atoms with Crippen LogP contribution in [-0.2, 0) is 5.54 Å². The van der Waals surface area contributed by atoms with Crippen LogP contribution in [0.1, 0.15) is 68.1 Å². The van der Waals surface area contributed by atoms with Crippen LogP contribution in [0.25, 0.3) is 0 Å². The molecule has 0 spiro atoms. The number of hydrogen-bond acceptors (Lipinski definition) is 5. The lowest BCUT2D eigenvalue weighted by Crippen LogP contribution is -2.57. The summed E-state index contributed by atoms with van der Waals surface area (Å²) in [6.45, 7) is 8.61. The number of para-hydroxylation sites is 1. The van der Waals surface area contributed by atoms with E-state index in [0.29, 0.717) is 17.0 Å². The molecule has 164 valence electrons. The quantitative estimate of drug-likeness (QED) is 0.615. The molecule has 0 aliphatic carbocycles. The summed E-state index contributed by atoms with van der Waals surface area (Å²) in [4.78, 5) is 11.6. The number of halogens is 1. The van der Waals surface area contributed by atoms with E-state index in [-0.39, 0.29) is 28.9 Å². The summed E-state index contributed by atoms with van der Waals surface area (Å²) in [7, 11) is 0. The van der Waals surface area contributed by atoms with E-state index in [2.05, 4.69) is 38.0 Å². The smallest absolute Gasteiger partial charge is 0.339 e. The van der Waals surface area contributed by atoms with Gasteiger partial charge < -0.3 is 10.2 Å². The number of hydrazone groups is 1. The van der Waals surface area contributed by atoms with Gasteiger partial charge in [0.25, 0.3) is 0 Å². The molecule has 2 aliphatic heterocycles. The van der Waals surface area contributed by atoms with Gasteiger partial charge in [0.1, 0.15) is 17.5 Å². The van der Waals surface area contributed by atoms with E-state index in [1.807, 2.05) is 24.3 Å². The number of benzene rings is 2. The van der Waals surface area contributed by atoms with Crippen molar-refractivity contribution in [2.24, 2.45) is 10.5 Å². The Labute approximate surface area is 187 Å². The van der Waals surface area contributed by atoms with Crippen molar-refractivity contribution >= 4 is 23.3 Å². The lowest BCUT2D eigenvalue weighted by atomic mass is 9.79. The molecule has 1 saturated heterocycles. The fourth-order valence-electron chi connectivity index (χ4n) is 4.61. The molecule has 2 aliphatic rings. The highest BCUT2D eigenvalue weighted by Gasteiger charge is 2.49. The zero-order chi connectivity index (χ0) is 22.6. The maximum atomic E-state index is 11.6. The number of phenols is 1. The van der Waals surface area contributed by atoms with Crippen molar-refractivity contribution in [2.75, 3.05) is 0 Å². The molecule has 0 bridgehead atoms. The highest BCUT2D eigenvalue weighted by Crippen LogP contribution is 2.47. The van der Waals surface area contributed by atoms with Gasteiger partial charge in [-0.1, -0.05) is 56.6 Å². The molecule has 3 N–H and O–H groups in total. The molecule has 0 amide bonds. The van der Waals surface area contributed by atoms with Gasteiger partial charge in [0.2, 0.25) is 0 Å². The Morgan fingerprint density at radius 1 is 1.23 bits per heavy atom. The second-order valence-electron chi connectivity index (χ2n) is 9.61. The average molecular weight is 442 g/mol. The molecule has 6 nitrogen and oxygen atoms in total. The Hall–Kier alpha value is -2.57. The SMILES string of the molecule is CC(C)(C)C1=NN2C(C1)NC(c1cccc(C(=O)O)c1O)CC2(C)c1ccc(Cl)cc1. The van der Waals surface area contributed by atoms with Gasteiger partial charge in [-0.25, -0.2) is 4.79 Å². The number of aromatic hydroxyl groups is 1. The van der Waals surface area contributed by atoms with E-state index in [4.69, 9.17) is 16.7 Å². The normalized spacial score (nSPS) is 25.8. The number of rotatable bonds is 3. The summed E-state index contributed by atoms with van der Waals surface area (Å²) < 4.78 is 0. The molecule has 2 heterocycles. The van der Waals surface area contributed by atoms with Crippen LogP contribution in [0.5, 0.6) is 5.75 Å². The third kappa shape index (κ3) is 3.79.